The minimum absolute atomic E-state index is 0.0120. The van der Waals surface area contributed by atoms with Crippen LogP contribution in [-0.2, 0) is 11.3 Å². The van der Waals surface area contributed by atoms with Gasteiger partial charge in [0.2, 0.25) is 0 Å². The van der Waals surface area contributed by atoms with Crippen molar-refractivity contribution in [1.82, 2.24) is 9.88 Å². The number of rotatable bonds is 3. The van der Waals surface area contributed by atoms with Crippen LogP contribution in [0.25, 0.3) is 0 Å². The van der Waals surface area contributed by atoms with E-state index in [4.69, 9.17) is 4.74 Å². The summed E-state index contributed by atoms with van der Waals surface area (Å²) in [5, 5.41) is 0. The van der Waals surface area contributed by atoms with Gasteiger partial charge >= 0.3 is 0 Å². The molecule has 0 aromatic carbocycles. The lowest BCUT2D eigenvalue weighted by atomic mass is 10.2. The van der Waals surface area contributed by atoms with Crippen LogP contribution in [0.1, 0.15) is 23.0 Å². The molecule has 0 saturated carbocycles. The van der Waals surface area contributed by atoms with E-state index in [0.717, 1.165) is 38.4 Å². The molecule has 0 N–H and O–H groups in total. The first-order chi connectivity index (χ1) is 7.75. The zero-order chi connectivity index (χ0) is 11.4. The summed E-state index contributed by atoms with van der Waals surface area (Å²) in [5.41, 5.74) is 1.68. The number of hydrogen-bond donors (Lipinski definition) is 0. The van der Waals surface area contributed by atoms with Gasteiger partial charge in [0.1, 0.15) is 5.69 Å². The van der Waals surface area contributed by atoms with Crippen molar-refractivity contribution in [3.63, 3.8) is 0 Å². The van der Waals surface area contributed by atoms with Crippen LogP contribution in [0, 0.1) is 0 Å². The van der Waals surface area contributed by atoms with Crippen LogP contribution in [0.15, 0.2) is 18.3 Å². The Balaban J connectivity index is 1.96. The molecule has 0 bridgehead atoms. The average molecular weight is 220 g/mol. The number of morpholine rings is 1. The van der Waals surface area contributed by atoms with E-state index in [0.29, 0.717) is 5.69 Å². The lowest BCUT2D eigenvalue weighted by molar-refractivity contribution is 0.0341. The van der Waals surface area contributed by atoms with Crippen molar-refractivity contribution < 1.29 is 9.53 Å². The van der Waals surface area contributed by atoms with Gasteiger partial charge in [-0.25, -0.2) is 0 Å². The molecule has 4 nitrogen and oxygen atoms in total. The smallest absolute Gasteiger partial charge is 0.178 e. The number of nitrogens with zero attached hydrogens (tertiary/aromatic N) is 2. The molecule has 0 radical (unpaired) electrons. The minimum Gasteiger partial charge on any atom is -0.379 e. The Morgan fingerprint density at radius 2 is 2.19 bits per heavy atom. The molecular weight excluding hydrogens is 204 g/mol. The lowest BCUT2D eigenvalue weighted by Gasteiger charge is -2.26. The predicted molar refractivity (Wildman–Crippen MR) is 60.3 cm³/mol. The van der Waals surface area contributed by atoms with E-state index in [1.54, 1.807) is 12.3 Å². The number of carbonyl (C=O) groups excluding carboxylic acids is 1. The van der Waals surface area contributed by atoms with Gasteiger partial charge in [-0.2, -0.15) is 0 Å². The van der Waals surface area contributed by atoms with E-state index in [-0.39, 0.29) is 5.78 Å². The molecule has 0 aliphatic carbocycles. The molecule has 1 aliphatic heterocycles. The van der Waals surface area contributed by atoms with Crippen LogP contribution in [0.3, 0.4) is 0 Å². The monoisotopic (exact) mass is 220 g/mol. The number of aromatic nitrogens is 1. The van der Waals surface area contributed by atoms with E-state index >= 15 is 0 Å². The van der Waals surface area contributed by atoms with E-state index in [2.05, 4.69) is 9.88 Å². The molecule has 16 heavy (non-hydrogen) atoms. The lowest BCUT2D eigenvalue weighted by Crippen LogP contribution is -2.35. The quantitative estimate of drug-likeness (QED) is 0.716. The van der Waals surface area contributed by atoms with Gasteiger partial charge in [-0.3, -0.25) is 14.7 Å². The number of pyridine rings is 1. The van der Waals surface area contributed by atoms with Gasteiger partial charge in [0, 0.05) is 32.8 Å². The van der Waals surface area contributed by atoms with Crippen molar-refractivity contribution in [3.8, 4) is 0 Å². The molecular formula is C12H16N2O2. The summed E-state index contributed by atoms with van der Waals surface area (Å²) in [6, 6.07) is 3.76. The van der Waals surface area contributed by atoms with Crippen LogP contribution < -0.4 is 0 Å². The molecule has 0 unspecified atom stereocenters. The molecule has 86 valence electrons. The maximum Gasteiger partial charge on any atom is 0.178 e. The fourth-order valence-electron chi connectivity index (χ4n) is 1.74. The third-order valence-electron chi connectivity index (χ3n) is 2.70. The van der Waals surface area contributed by atoms with Crippen molar-refractivity contribution in [2.45, 2.75) is 13.5 Å². The van der Waals surface area contributed by atoms with Gasteiger partial charge < -0.3 is 4.74 Å². The first-order valence-electron chi connectivity index (χ1n) is 5.51. The highest BCUT2D eigenvalue weighted by Gasteiger charge is 2.10. The Hall–Kier alpha value is -1.26. The van der Waals surface area contributed by atoms with Gasteiger partial charge in [0.25, 0.3) is 0 Å². The molecule has 1 saturated heterocycles. The molecule has 1 aromatic heterocycles. The van der Waals surface area contributed by atoms with Crippen LogP contribution >= 0.6 is 0 Å². The van der Waals surface area contributed by atoms with Gasteiger partial charge in [-0.05, 0) is 11.6 Å². The van der Waals surface area contributed by atoms with Crippen molar-refractivity contribution in [2.75, 3.05) is 26.3 Å². The standard InChI is InChI=1S/C12H16N2O2/c1-10(15)12-3-2-11(8-13-12)9-14-4-6-16-7-5-14/h2-3,8H,4-7,9H2,1H3. The van der Waals surface area contributed by atoms with Crippen LogP contribution in [-0.4, -0.2) is 42.0 Å². The second-order valence-corrected chi connectivity index (χ2v) is 4.00. The summed E-state index contributed by atoms with van der Waals surface area (Å²) in [5.74, 6) is 0.0120. The third-order valence-corrected chi connectivity index (χ3v) is 2.70. The highest BCUT2D eigenvalue weighted by Crippen LogP contribution is 2.07. The summed E-state index contributed by atoms with van der Waals surface area (Å²) in [6.45, 7) is 5.96. The summed E-state index contributed by atoms with van der Waals surface area (Å²) >= 11 is 0. The van der Waals surface area contributed by atoms with E-state index in [9.17, 15) is 4.79 Å². The Labute approximate surface area is 95.2 Å². The minimum atomic E-state index is 0.0120. The highest BCUT2D eigenvalue weighted by molar-refractivity contribution is 5.91. The molecule has 4 heteroatoms. The molecule has 1 fully saturated rings. The Morgan fingerprint density at radius 1 is 1.44 bits per heavy atom. The second kappa shape index (κ2) is 5.18. The number of hydrogen-bond acceptors (Lipinski definition) is 4. The molecule has 0 spiro atoms. The maximum absolute atomic E-state index is 11.1. The van der Waals surface area contributed by atoms with Gasteiger partial charge in [0.05, 0.1) is 13.2 Å². The third kappa shape index (κ3) is 2.87. The second-order valence-electron chi connectivity index (χ2n) is 4.00. The topological polar surface area (TPSA) is 42.4 Å². The van der Waals surface area contributed by atoms with Crippen LogP contribution in [0.2, 0.25) is 0 Å². The normalized spacial score (nSPS) is 17.3. The van der Waals surface area contributed by atoms with Crippen molar-refractivity contribution in [3.05, 3.63) is 29.6 Å². The summed E-state index contributed by atoms with van der Waals surface area (Å²) in [6.07, 6.45) is 1.78. The van der Waals surface area contributed by atoms with Crippen LogP contribution in [0.5, 0.6) is 0 Å². The van der Waals surface area contributed by atoms with Crippen molar-refractivity contribution in [2.24, 2.45) is 0 Å². The highest BCUT2D eigenvalue weighted by atomic mass is 16.5. The van der Waals surface area contributed by atoms with E-state index in [1.807, 2.05) is 6.07 Å². The maximum atomic E-state index is 11.1. The van der Waals surface area contributed by atoms with E-state index < -0.39 is 0 Å². The zero-order valence-corrected chi connectivity index (χ0v) is 9.48. The van der Waals surface area contributed by atoms with Gasteiger partial charge in [-0.15, -0.1) is 0 Å². The molecule has 1 aliphatic rings. The first kappa shape index (κ1) is 11.2. The Kier molecular flexibility index (Phi) is 3.64. The summed E-state index contributed by atoms with van der Waals surface area (Å²) in [7, 11) is 0. The Morgan fingerprint density at radius 3 is 2.75 bits per heavy atom. The molecule has 2 rings (SSSR count). The summed E-state index contributed by atoms with van der Waals surface area (Å²) in [4.78, 5) is 17.5. The first-order valence-corrected chi connectivity index (χ1v) is 5.51. The molecule has 2 heterocycles. The van der Waals surface area contributed by atoms with Crippen LogP contribution in [0.4, 0.5) is 0 Å². The number of Topliss-reactive ketones (excluding diaryl/α,β-unsaturated/α-hetero) is 1. The molecule has 0 amide bonds. The van der Waals surface area contributed by atoms with Gasteiger partial charge in [0.15, 0.2) is 5.78 Å². The average Bonchev–Trinajstić information content (AvgIpc) is 2.31. The SMILES string of the molecule is CC(=O)c1ccc(CN2CCOCC2)cn1. The molecule has 1 aromatic rings. The summed E-state index contributed by atoms with van der Waals surface area (Å²) < 4.78 is 5.29. The zero-order valence-electron chi connectivity index (χ0n) is 9.48. The van der Waals surface area contributed by atoms with Crippen molar-refractivity contribution in [1.29, 1.82) is 0 Å². The molecule has 0 atom stereocenters. The van der Waals surface area contributed by atoms with Gasteiger partial charge in [-0.1, -0.05) is 6.07 Å². The number of ether oxygens (including phenoxy) is 1. The number of carbonyl (C=O) groups is 1. The fourth-order valence-corrected chi connectivity index (χ4v) is 1.74. The van der Waals surface area contributed by atoms with Crippen molar-refractivity contribution >= 4 is 5.78 Å². The number of ketones is 1. The largest absolute Gasteiger partial charge is 0.379 e. The Bertz CT molecular complexity index is 356. The van der Waals surface area contributed by atoms with E-state index in [1.165, 1.54) is 6.92 Å². The predicted octanol–water partition coefficient (Wildman–Crippen LogP) is 1.12. The fraction of sp³-hybridized carbons (Fsp3) is 0.500.